The molecule has 0 bridgehead atoms. The van der Waals surface area contributed by atoms with E-state index in [0.717, 1.165) is 11.5 Å². The molecular formula is C9H13N7O. The summed E-state index contributed by atoms with van der Waals surface area (Å²) in [6, 6.07) is 3.48. The molecule has 0 radical (unpaired) electrons. The largest absolute Gasteiger partial charge is 0.368 e. The third-order valence-corrected chi connectivity index (χ3v) is 2.02. The maximum atomic E-state index is 5.52. The van der Waals surface area contributed by atoms with Gasteiger partial charge in [0.2, 0.25) is 5.95 Å². The molecule has 0 spiro atoms. The van der Waals surface area contributed by atoms with Gasteiger partial charge in [-0.25, -0.2) is 5.84 Å². The highest BCUT2D eigenvalue weighted by Crippen LogP contribution is 2.12. The van der Waals surface area contributed by atoms with Crippen LogP contribution >= 0.6 is 0 Å². The first-order valence-corrected chi connectivity index (χ1v) is 4.94. The number of hydrazine groups is 1. The fourth-order valence-electron chi connectivity index (χ4n) is 1.31. The van der Waals surface area contributed by atoms with Gasteiger partial charge in [0.1, 0.15) is 23.1 Å². The van der Waals surface area contributed by atoms with E-state index < -0.39 is 0 Å². The van der Waals surface area contributed by atoms with Crippen molar-refractivity contribution >= 4 is 17.6 Å². The molecular weight excluding hydrogens is 222 g/mol. The maximum Gasteiger partial charge on any atom is 0.223 e. The summed E-state index contributed by atoms with van der Waals surface area (Å²) < 4.78 is 4.94. The van der Waals surface area contributed by atoms with Crippen LogP contribution in [0.1, 0.15) is 11.5 Å². The molecule has 0 amide bonds. The van der Waals surface area contributed by atoms with Gasteiger partial charge in [0, 0.05) is 12.1 Å². The van der Waals surface area contributed by atoms with Crippen molar-refractivity contribution in [1.82, 2.24) is 15.1 Å². The summed E-state index contributed by atoms with van der Waals surface area (Å²) in [4.78, 5) is 7.87. The Hall–Kier alpha value is -2.35. The van der Waals surface area contributed by atoms with Crippen molar-refractivity contribution in [3.05, 3.63) is 23.6 Å². The van der Waals surface area contributed by atoms with Crippen LogP contribution in [-0.4, -0.2) is 15.1 Å². The fraction of sp³-hybridized carbons (Fsp3) is 0.222. The first-order chi connectivity index (χ1) is 8.17. The molecule has 2 aromatic rings. The molecule has 0 fully saturated rings. The van der Waals surface area contributed by atoms with Gasteiger partial charge in [0.05, 0.1) is 6.54 Å². The number of nitrogen functional groups attached to an aromatic ring is 2. The molecule has 8 nitrogen and oxygen atoms in total. The van der Waals surface area contributed by atoms with Gasteiger partial charge >= 0.3 is 0 Å². The monoisotopic (exact) mass is 235 g/mol. The van der Waals surface area contributed by atoms with Crippen LogP contribution in [0, 0.1) is 6.92 Å². The lowest BCUT2D eigenvalue weighted by Gasteiger charge is -2.06. The molecule has 0 aliphatic heterocycles. The van der Waals surface area contributed by atoms with Crippen LogP contribution in [0.4, 0.5) is 17.6 Å². The summed E-state index contributed by atoms with van der Waals surface area (Å²) in [5.74, 6) is 7.15. The first kappa shape index (κ1) is 11.1. The maximum absolute atomic E-state index is 5.52. The molecule has 17 heavy (non-hydrogen) atoms. The lowest BCUT2D eigenvalue weighted by Crippen LogP contribution is -2.12. The van der Waals surface area contributed by atoms with Gasteiger partial charge in [-0.3, -0.25) is 0 Å². The summed E-state index contributed by atoms with van der Waals surface area (Å²) in [5, 5.41) is 6.88. The Bertz CT molecular complexity index is 510. The van der Waals surface area contributed by atoms with E-state index in [2.05, 4.69) is 25.9 Å². The van der Waals surface area contributed by atoms with Crippen LogP contribution in [0.2, 0.25) is 0 Å². The Labute approximate surface area is 97.4 Å². The molecule has 0 aliphatic carbocycles. The van der Waals surface area contributed by atoms with Gasteiger partial charge in [0.15, 0.2) is 0 Å². The number of hydrogen-bond acceptors (Lipinski definition) is 8. The minimum Gasteiger partial charge on any atom is -0.368 e. The number of aromatic nitrogens is 3. The summed E-state index contributed by atoms with van der Waals surface area (Å²) in [7, 11) is 0. The summed E-state index contributed by atoms with van der Waals surface area (Å²) >= 11 is 0. The third kappa shape index (κ3) is 2.82. The Morgan fingerprint density at radius 3 is 2.71 bits per heavy atom. The van der Waals surface area contributed by atoms with Crippen molar-refractivity contribution in [1.29, 1.82) is 0 Å². The molecule has 0 aliphatic rings. The van der Waals surface area contributed by atoms with Crippen LogP contribution in [0.5, 0.6) is 0 Å². The number of nitrogens with two attached hydrogens (primary N) is 2. The normalized spacial score (nSPS) is 10.2. The van der Waals surface area contributed by atoms with Crippen molar-refractivity contribution < 1.29 is 4.52 Å². The van der Waals surface area contributed by atoms with E-state index in [-0.39, 0.29) is 5.95 Å². The molecule has 0 saturated heterocycles. The molecule has 90 valence electrons. The molecule has 2 heterocycles. The Morgan fingerprint density at radius 2 is 2.06 bits per heavy atom. The van der Waals surface area contributed by atoms with E-state index >= 15 is 0 Å². The zero-order valence-corrected chi connectivity index (χ0v) is 9.27. The quantitative estimate of drug-likeness (QED) is 0.438. The highest BCUT2D eigenvalue weighted by atomic mass is 16.5. The number of aryl methyl sites for hydroxylation is 1. The predicted molar refractivity (Wildman–Crippen MR) is 62.8 cm³/mol. The summed E-state index contributed by atoms with van der Waals surface area (Å²) in [6.07, 6.45) is 0. The van der Waals surface area contributed by atoms with Crippen LogP contribution < -0.4 is 22.3 Å². The van der Waals surface area contributed by atoms with Crippen molar-refractivity contribution in [3.8, 4) is 0 Å². The minimum atomic E-state index is 0.138. The zero-order valence-electron chi connectivity index (χ0n) is 9.27. The van der Waals surface area contributed by atoms with Gasteiger partial charge in [-0.2, -0.15) is 9.97 Å². The van der Waals surface area contributed by atoms with Gasteiger partial charge in [-0.15, -0.1) is 0 Å². The Balaban J connectivity index is 2.05. The highest BCUT2D eigenvalue weighted by Gasteiger charge is 2.03. The molecule has 0 saturated carbocycles. The third-order valence-electron chi connectivity index (χ3n) is 2.02. The first-order valence-electron chi connectivity index (χ1n) is 4.94. The smallest absolute Gasteiger partial charge is 0.223 e. The lowest BCUT2D eigenvalue weighted by atomic mass is 10.4. The molecule has 2 aromatic heterocycles. The molecule has 8 heteroatoms. The van der Waals surface area contributed by atoms with Crippen molar-refractivity contribution in [2.24, 2.45) is 5.84 Å². The fourth-order valence-corrected chi connectivity index (χ4v) is 1.31. The van der Waals surface area contributed by atoms with Gasteiger partial charge in [-0.1, -0.05) is 5.16 Å². The van der Waals surface area contributed by atoms with E-state index in [1.54, 1.807) is 6.07 Å². The summed E-state index contributed by atoms with van der Waals surface area (Å²) in [6.45, 7) is 2.31. The SMILES string of the molecule is Cc1cc(CNc2cc(NN)nc(N)n2)no1. The number of rotatable bonds is 4. The zero-order chi connectivity index (χ0) is 12.3. The van der Waals surface area contributed by atoms with Gasteiger partial charge in [-0.05, 0) is 6.92 Å². The Kier molecular flexibility index (Phi) is 3.06. The number of hydrogen-bond donors (Lipinski definition) is 4. The van der Waals surface area contributed by atoms with Crippen LogP contribution in [0.25, 0.3) is 0 Å². The number of nitrogens with one attached hydrogen (secondary N) is 2. The Morgan fingerprint density at radius 1 is 1.29 bits per heavy atom. The average Bonchev–Trinajstić information content (AvgIpc) is 2.72. The van der Waals surface area contributed by atoms with Crippen molar-refractivity contribution in [3.63, 3.8) is 0 Å². The standard InChI is InChI=1S/C9H13N7O/c1-5-2-6(16-17-5)4-12-7-3-8(15-11)14-9(10)13-7/h2-3H,4,11H2,1H3,(H4,10,12,13,14,15). The lowest BCUT2D eigenvalue weighted by molar-refractivity contribution is 0.391. The van der Waals surface area contributed by atoms with Gasteiger partial charge < -0.3 is 21.0 Å². The molecule has 2 rings (SSSR count). The van der Waals surface area contributed by atoms with E-state index in [0.29, 0.717) is 18.2 Å². The second-order valence-electron chi connectivity index (χ2n) is 3.42. The second kappa shape index (κ2) is 4.66. The molecule has 0 aromatic carbocycles. The van der Waals surface area contributed by atoms with Crippen LogP contribution in [0.3, 0.4) is 0 Å². The number of anilines is 3. The predicted octanol–water partition coefficient (Wildman–Crippen LogP) is 0.253. The molecule has 6 N–H and O–H groups in total. The van der Waals surface area contributed by atoms with Crippen LogP contribution in [0.15, 0.2) is 16.7 Å². The van der Waals surface area contributed by atoms with E-state index in [1.807, 2.05) is 13.0 Å². The molecule has 0 atom stereocenters. The van der Waals surface area contributed by atoms with Gasteiger partial charge in [0.25, 0.3) is 0 Å². The van der Waals surface area contributed by atoms with Crippen molar-refractivity contribution in [2.75, 3.05) is 16.5 Å². The van der Waals surface area contributed by atoms with E-state index in [9.17, 15) is 0 Å². The number of nitrogens with zero attached hydrogens (tertiary/aromatic N) is 3. The van der Waals surface area contributed by atoms with E-state index in [1.165, 1.54) is 0 Å². The highest BCUT2D eigenvalue weighted by molar-refractivity contribution is 5.50. The van der Waals surface area contributed by atoms with E-state index in [4.69, 9.17) is 16.1 Å². The van der Waals surface area contributed by atoms with Crippen molar-refractivity contribution in [2.45, 2.75) is 13.5 Å². The topological polar surface area (TPSA) is 128 Å². The average molecular weight is 235 g/mol. The molecule has 0 unspecified atom stereocenters. The second-order valence-corrected chi connectivity index (χ2v) is 3.42. The van der Waals surface area contributed by atoms with Crippen LogP contribution in [-0.2, 0) is 6.54 Å². The minimum absolute atomic E-state index is 0.138. The summed E-state index contributed by atoms with van der Waals surface area (Å²) in [5.41, 5.74) is 8.70.